The number of pyridine rings is 1. The predicted octanol–water partition coefficient (Wildman–Crippen LogP) is 4.85. The molecule has 3 aromatic rings. The molecule has 0 saturated carbocycles. The van der Waals surface area contributed by atoms with Crippen LogP contribution in [-0.4, -0.2) is 69.2 Å². The van der Waals surface area contributed by atoms with Crippen molar-refractivity contribution in [2.75, 3.05) is 42.4 Å². The second-order valence-corrected chi connectivity index (χ2v) is 11.8. The number of carbonyl (C=O) groups is 1. The van der Waals surface area contributed by atoms with Crippen LogP contribution in [0.2, 0.25) is 0 Å². The second kappa shape index (κ2) is 11.6. The Labute approximate surface area is 244 Å². The van der Waals surface area contributed by atoms with Crippen molar-refractivity contribution in [3.05, 3.63) is 53.4 Å². The number of carbonyl (C=O) groups excluding carboxylic acids is 1. The molecule has 1 amide bonds. The first-order valence-corrected chi connectivity index (χ1v) is 14.0. The van der Waals surface area contributed by atoms with Crippen molar-refractivity contribution in [2.24, 2.45) is 0 Å². The quantitative estimate of drug-likeness (QED) is 0.358. The van der Waals surface area contributed by atoms with E-state index in [4.69, 9.17) is 9.72 Å². The summed E-state index contributed by atoms with van der Waals surface area (Å²) in [5.74, 6) is -0.499. The minimum Gasteiger partial charge on any atom is -0.444 e. The zero-order valence-electron chi connectivity index (χ0n) is 24.8. The Bertz CT molecular complexity index is 1480. The van der Waals surface area contributed by atoms with E-state index in [0.717, 1.165) is 30.4 Å². The molecule has 5 rings (SSSR count). The number of aromatic nitrogens is 3. The van der Waals surface area contributed by atoms with Crippen LogP contribution in [0.1, 0.15) is 45.9 Å². The highest BCUT2D eigenvalue weighted by atomic mass is 19.1. The molecule has 0 fully saturated rings. The molecule has 2 aromatic heterocycles. The molecule has 3 N–H and O–H groups in total. The number of anilines is 4. The van der Waals surface area contributed by atoms with Gasteiger partial charge in [0.2, 0.25) is 5.95 Å². The van der Waals surface area contributed by atoms with Crippen molar-refractivity contribution in [2.45, 2.75) is 59.2 Å². The molecule has 2 aliphatic rings. The van der Waals surface area contributed by atoms with Gasteiger partial charge in [0.15, 0.2) is 11.6 Å². The van der Waals surface area contributed by atoms with E-state index in [2.05, 4.69) is 31.1 Å². The number of fused-ring (bicyclic) bond motifs is 2. The number of hydrogen-bond donors (Lipinski definition) is 3. The van der Waals surface area contributed by atoms with Crippen LogP contribution in [0.4, 0.5) is 36.7 Å². The summed E-state index contributed by atoms with van der Waals surface area (Å²) >= 11 is 0. The van der Waals surface area contributed by atoms with Crippen molar-refractivity contribution < 1.29 is 18.3 Å². The number of benzene rings is 1. The number of likely N-dealkylation sites (N-methyl/N-ethyl adjacent to an activating group) is 1. The van der Waals surface area contributed by atoms with Gasteiger partial charge in [-0.3, -0.25) is 15.3 Å². The summed E-state index contributed by atoms with van der Waals surface area (Å²) in [6.45, 7) is 12.2. The SMILES string of the molecule is CC(C)N1NNc2c(F)cc(-c3nc(Nc4ccc5c(n4)CCN(CCN(C)C(=O)OC(C)(C)C)C5)ncc3F)cc21. The molecule has 11 nitrogen and oxygen atoms in total. The number of rotatable bonds is 7. The van der Waals surface area contributed by atoms with Gasteiger partial charge in [-0.1, -0.05) is 6.07 Å². The second-order valence-electron chi connectivity index (χ2n) is 11.8. The monoisotopic (exact) mass is 581 g/mol. The lowest BCUT2D eigenvalue weighted by Crippen LogP contribution is -2.41. The third kappa shape index (κ3) is 6.52. The Morgan fingerprint density at radius 1 is 1.19 bits per heavy atom. The number of hydrogen-bond acceptors (Lipinski definition) is 10. The molecule has 4 heterocycles. The zero-order chi connectivity index (χ0) is 30.2. The van der Waals surface area contributed by atoms with E-state index in [1.54, 1.807) is 23.0 Å². The topological polar surface area (TPSA) is 111 Å². The number of nitrogens with zero attached hydrogens (tertiary/aromatic N) is 6. The maximum Gasteiger partial charge on any atom is 0.410 e. The van der Waals surface area contributed by atoms with Gasteiger partial charge >= 0.3 is 6.09 Å². The largest absolute Gasteiger partial charge is 0.444 e. The standard InChI is InChI=1S/C29H37F2N9O2/c1-17(2)40-23-14-19(13-20(30)26(23)36-37-40)25-21(31)15-32-27(35-25)34-24-8-7-18-16-39(10-9-22(18)33-24)12-11-38(6)28(41)42-29(3,4)5/h7-8,13-15,17,36-37H,9-12,16H2,1-6H3,(H,32,33,34,35). The average Bonchev–Trinajstić information content (AvgIpc) is 3.37. The molecule has 224 valence electrons. The van der Waals surface area contributed by atoms with Crippen LogP contribution in [-0.2, 0) is 17.7 Å². The van der Waals surface area contributed by atoms with Gasteiger partial charge in [0.05, 0.1) is 11.9 Å². The van der Waals surface area contributed by atoms with E-state index < -0.39 is 17.2 Å². The molecule has 0 saturated heterocycles. The molecule has 1 aromatic carbocycles. The third-order valence-electron chi connectivity index (χ3n) is 6.99. The lowest BCUT2D eigenvalue weighted by Gasteiger charge is -2.30. The fraction of sp³-hybridized carbons (Fsp3) is 0.448. The van der Waals surface area contributed by atoms with E-state index in [-0.39, 0.29) is 23.8 Å². The molecule has 0 radical (unpaired) electrons. The van der Waals surface area contributed by atoms with Crippen LogP contribution in [0.5, 0.6) is 0 Å². The smallest absolute Gasteiger partial charge is 0.410 e. The van der Waals surface area contributed by atoms with E-state index in [1.807, 2.05) is 46.8 Å². The molecule has 0 unspecified atom stereocenters. The van der Waals surface area contributed by atoms with E-state index in [9.17, 15) is 13.6 Å². The maximum absolute atomic E-state index is 14.9. The minimum absolute atomic E-state index is 0.0187. The number of amides is 1. The van der Waals surface area contributed by atoms with Gasteiger partial charge in [0, 0.05) is 56.9 Å². The normalized spacial score (nSPS) is 14.8. The fourth-order valence-electron chi connectivity index (χ4n) is 4.83. The van der Waals surface area contributed by atoms with Crippen molar-refractivity contribution in [3.63, 3.8) is 0 Å². The first-order valence-electron chi connectivity index (χ1n) is 14.0. The molecular formula is C29H37F2N9O2. The average molecular weight is 582 g/mol. The van der Waals surface area contributed by atoms with Gasteiger partial charge in [-0.25, -0.2) is 28.5 Å². The molecule has 0 atom stereocenters. The summed E-state index contributed by atoms with van der Waals surface area (Å²) in [6, 6.07) is 6.79. The van der Waals surface area contributed by atoms with E-state index in [1.165, 1.54) is 6.07 Å². The summed E-state index contributed by atoms with van der Waals surface area (Å²) in [4.78, 5) is 29.3. The van der Waals surface area contributed by atoms with Crippen LogP contribution in [0.25, 0.3) is 11.3 Å². The first kappa shape index (κ1) is 29.4. The van der Waals surface area contributed by atoms with Crippen LogP contribution >= 0.6 is 0 Å². The molecule has 0 aliphatic carbocycles. The van der Waals surface area contributed by atoms with Gasteiger partial charge in [-0.05, 0) is 58.4 Å². The summed E-state index contributed by atoms with van der Waals surface area (Å²) in [5, 5.41) is 4.83. The Morgan fingerprint density at radius 3 is 2.71 bits per heavy atom. The fourth-order valence-corrected chi connectivity index (χ4v) is 4.83. The maximum atomic E-state index is 14.9. The highest BCUT2D eigenvalue weighted by Crippen LogP contribution is 2.37. The summed E-state index contributed by atoms with van der Waals surface area (Å²) in [7, 11) is 1.74. The van der Waals surface area contributed by atoms with Crippen LogP contribution < -0.4 is 21.3 Å². The lowest BCUT2D eigenvalue weighted by atomic mass is 10.1. The van der Waals surface area contributed by atoms with Crippen LogP contribution in [0.15, 0.2) is 30.5 Å². The summed E-state index contributed by atoms with van der Waals surface area (Å²) < 4.78 is 35.2. The Kier molecular flexibility index (Phi) is 8.15. The van der Waals surface area contributed by atoms with Gasteiger partial charge in [-0.15, -0.1) is 5.53 Å². The number of ether oxygens (including phenoxy) is 1. The van der Waals surface area contributed by atoms with Crippen LogP contribution in [0.3, 0.4) is 0 Å². The van der Waals surface area contributed by atoms with E-state index in [0.29, 0.717) is 42.4 Å². The predicted molar refractivity (Wildman–Crippen MR) is 157 cm³/mol. The van der Waals surface area contributed by atoms with Crippen molar-refractivity contribution in [1.82, 2.24) is 30.3 Å². The summed E-state index contributed by atoms with van der Waals surface area (Å²) in [5.41, 5.74) is 8.40. The number of nitrogens with one attached hydrogen (secondary N) is 3. The molecule has 0 bridgehead atoms. The van der Waals surface area contributed by atoms with Gasteiger partial charge in [0.25, 0.3) is 0 Å². The molecule has 42 heavy (non-hydrogen) atoms. The van der Waals surface area contributed by atoms with Gasteiger partial charge in [0.1, 0.15) is 22.8 Å². The van der Waals surface area contributed by atoms with Crippen LogP contribution in [0, 0.1) is 11.6 Å². The molecule has 2 aliphatic heterocycles. The molecular weight excluding hydrogens is 544 g/mol. The third-order valence-corrected chi connectivity index (χ3v) is 6.99. The number of hydrazine groups is 2. The van der Waals surface area contributed by atoms with Gasteiger partial charge < -0.3 is 15.0 Å². The molecule has 13 heteroatoms. The Morgan fingerprint density at radius 2 is 1.98 bits per heavy atom. The van der Waals surface area contributed by atoms with Crippen molar-refractivity contribution >= 4 is 29.2 Å². The van der Waals surface area contributed by atoms with Gasteiger partial charge in [-0.2, -0.15) is 0 Å². The lowest BCUT2D eigenvalue weighted by molar-refractivity contribution is 0.0280. The Hall–Kier alpha value is -4.10. The van der Waals surface area contributed by atoms with Crippen molar-refractivity contribution in [1.29, 1.82) is 0 Å². The van der Waals surface area contributed by atoms with Crippen molar-refractivity contribution in [3.8, 4) is 11.3 Å². The highest BCUT2D eigenvalue weighted by Gasteiger charge is 2.26. The van der Waals surface area contributed by atoms with E-state index >= 15 is 0 Å². The minimum atomic E-state index is -0.661. The summed E-state index contributed by atoms with van der Waals surface area (Å²) in [6.07, 6.45) is 1.47. The Balaban J connectivity index is 1.26. The number of halogens is 2. The zero-order valence-corrected chi connectivity index (χ0v) is 24.8. The highest BCUT2D eigenvalue weighted by molar-refractivity contribution is 5.80. The first-order chi connectivity index (χ1) is 19.9. The molecule has 0 spiro atoms.